The first-order valence-corrected chi connectivity index (χ1v) is 6.11. The summed E-state index contributed by atoms with van der Waals surface area (Å²) in [4.78, 5) is 8.29. The van der Waals surface area contributed by atoms with Crippen LogP contribution in [0.25, 0.3) is 0 Å². The number of anilines is 1. The molecule has 6 heteroatoms. The number of aromatic nitrogens is 1. The van der Waals surface area contributed by atoms with E-state index in [1.165, 1.54) is 0 Å². The van der Waals surface area contributed by atoms with E-state index in [-0.39, 0.29) is 12.4 Å². The highest BCUT2D eigenvalue weighted by molar-refractivity contribution is 5.51. The fraction of sp³-hybridized carbons (Fsp3) is 0.583. The number of nitrogens with zero attached hydrogens (tertiary/aromatic N) is 3. The standard InChI is InChI=1S/C12H19N3O3/c16-9-10(17)8-14-4-6-15(7-5-14)12-11(18)2-1-3-13-12/h1-3,10,16-18H,4-9H2. The summed E-state index contributed by atoms with van der Waals surface area (Å²) in [5.41, 5.74) is 0. The lowest BCUT2D eigenvalue weighted by molar-refractivity contribution is 0.0574. The average molecular weight is 253 g/mol. The summed E-state index contributed by atoms with van der Waals surface area (Å²) in [5, 5.41) is 27.9. The highest BCUT2D eigenvalue weighted by Gasteiger charge is 2.21. The van der Waals surface area contributed by atoms with E-state index in [1.54, 1.807) is 18.3 Å². The second-order valence-corrected chi connectivity index (χ2v) is 4.47. The van der Waals surface area contributed by atoms with Crippen molar-refractivity contribution in [1.82, 2.24) is 9.88 Å². The summed E-state index contributed by atoms with van der Waals surface area (Å²) in [6, 6.07) is 3.33. The summed E-state index contributed by atoms with van der Waals surface area (Å²) >= 11 is 0. The van der Waals surface area contributed by atoms with Crippen molar-refractivity contribution >= 4 is 5.82 Å². The van der Waals surface area contributed by atoms with Crippen LogP contribution in [-0.2, 0) is 0 Å². The molecule has 0 spiro atoms. The molecule has 0 aromatic carbocycles. The zero-order valence-corrected chi connectivity index (χ0v) is 10.2. The molecular formula is C12H19N3O3. The summed E-state index contributed by atoms with van der Waals surface area (Å²) in [7, 11) is 0. The van der Waals surface area contributed by atoms with Gasteiger partial charge in [-0.3, -0.25) is 4.90 Å². The van der Waals surface area contributed by atoms with Crippen molar-refractivity contribution < 1.29 is 15.3 Å². The van der Waals surface area contributed by atoms with E-state index < -0.39 is 6.10 Å². The molecule has 1 atom stereocenters. The minimum absolute atomic E-state index is 0.196. The topological polar surface area (TPSA) is 80.1 Å². The lowest BCUT2D eigenvalue weighted by Gasteiger charge is -2.36. The van der Waals surface area contributed by atoms with Crippen LogP contribution in [0, 0.1) is 0 Å². The molecule has 0 amide bonds. The fourth-order valence-electron chi connectivity index (χ4n) is 2.13. The third-order valence-corrected chi connectivity index (χ3v) is 3.12. The zero-order chi connectivity index (χ0) is 13.0. The van der Waals surface area contributed by atoms with Gasteiger partial charge in [-0.15, -0.1) is 0 Å². The maximum atomic E-state index is 9.72. The third-order valence-electron chi connectivity index (χ3n) is 3.12. The molecule has 1 aromatic rings. The normalized spacial score (nSPS) is 18.9. The van der Waals surface area contributed by atoms with Gasteiger partial charge in [-0.2, -0.15) is 0 Å². The van der Waals surface area contributed by atoms with Gasteiger partial charge in [0.2, 0.25) is 0 Å². The minimum atomic E-state index is -0.681. The SMILES string of the molecule is OCC(O)CN1CCN(c2ncccc2O)CC1. The Kier molecular flexibility index (Phi) is 4.35. The van der Waals surface area contributed by atoms with Crippen LogP contribution in [0.1, 0.15) is 0 Å². The Morgan fingerprint density at radius 2 is 2.00 bits per heavy atom. The van der Waals surface area contributed by atoms with E-state index in [0.29, 0.717) is 12.4 Å². The molecule has 3 N–H and O–H groups in total. The lowest BCUT2D eigenvalue weighted by Crippen LogP contribution is -2.49. The van der Waals surface area contributed by atoms with Crippen molar-refractivity contribution in [3.63, 3.8) is 0 Å². The van der Waals surface area contributed by atoms with Gasteiger partial charge in [0.25, 0.3) is 0 Å². The lowest BCUT2D eigenvalue weighted by atomic mass is 10.2. The second-order valence-electron chi connectivity index (χ2n) is 4.47. The summed E-state index contributed by atoms with van der Waals surface area (Å²) in [5.74, 6) is 0.807. The molecule has 100 valence electrons. The van der Waals surface area contributed by atoms with Crippen molar-refractivity contribution in [1.29, 1.82) is 0 Å². The van der Waals surface area contributed by atoms with Crippen LogP contribution >= 0.6 is 0 Å². The molecule has 6 nitrogen and oxygen atoms in total. The Hall–Kier alpha value is -1.37. The number of aliphatic hydroxyl groups is 2. The van der Waals surface area contributed by atoms with Gasteiger partial charge in [-0.05, 0) is 12.1 Å². The molecule has 0 radical (unpaired) electrons. The second kappa shape index (κ2) is 5.99. The maximum Gasteiger partial charge on any atom is 0.171 e. The summed E-state index contributed by atoms with van der Waals surface area (Å²) in [6.07, 6.45) is 0.983. The predicted molar refractivity (Wildman–Crippen MR) is 67.6 cm³/mol. The van der Waals surface area contributed by atoms with Crippen molar-refractivity contribution in [2.75, 3.05) is 44.2 Å². The van der Waals surface area contributed by atoms with Crippen molar-refractivity contribution in [3.05, 3.63) is 18.3 Å². The number of β-amino-alcohol motifs (C(OH)–C–C–N with tert-alkyl or cyclic N) is 1. The molecule has 1 aromatic heterocycles. The van der Waals surface area contributed by atoms with Crippen LogP contribution in [0.4, 0.5) is 5.82 Å². The monoisotopic (exact) mass is 253 g/mol. The van der Waals surface area contributed by atoms with E-state index in [1.807, 2.05) is 4.90 Å². The van der Waals surface area contributed by atoms with E-state index in [4.69, 9.17) is 5.11 Å². The third kappa shape index (κ3) is 3.10. The van der Waals surface area contributed by atoms with Gasteiger partial charge in [0.05, 0.1) is 12.7 Å². The molecule has 1 saturated heterocycles. The van der Waals surface area contributed by atoms with E-state index >= 15 is 0 Å². The highest BCUT2D eigenvalue weighted by atomic mass is 16.3. The molecule has 1 aliphatic heterocycles. The van der Waals surface area contributed by atoms with Gasteiger partial charge in [0, 0.05) is 38.9 Å². The Bertz CT molecular complexity index is 381. The quantitative estimate of drug-likeness (QED) is 0.656. The molecule has 0 saturated carbocycles. The minimum Gasteiger partial charge on any atom is -0.504 e. The van der Waals surface area contributed by atoms with E-state index in [0.717, 1.165) is 26.2 Å². The molecule has 18 heavy (non-hydrogen) atoms. The summed E-state index contributed by atoms with van der Waals surface area (Å²) in [6.45, 7) is 3.35. The van der Waals surface area contributed by atoms with Gasteiger partial charge in [-0.25, -0.2) is 4.98 Å². The Morgan fingerprint density at radius 3 is 2.61 bits per heavy atom. The van der Waals surface area contributed by atoms with Crippen LogP contribution in [0.3, 0.4) is 0 Å². The molecule has 1 aliphatic rings. The maximum absolute atomic E-state index is 9.72. The van der Waals surface area contributed by atoms with Crippen LogP contribution < -0.4 is 4.90 Å². The fourth-order valence-corrected chi connectivity index (χ4v) is 2.13. The number of hydrogen-bond acceptors (Lipinski definition) is 6. The van der Waals surface area contributed by atoms with Gasteiger partial charge in [0.1, 0.15) is 0 Å². The zero-order valence-electron chi connectivity index (χ0n) is 10.2. The Labute approximate surface area is 106 Å². The average Bonchev–Trinajstić information content (AvgIpc) is 2.40. The first-order valence-electron chi connectivity index (χ1n) is 6.11. The molecule has 0 aliphatic carbocycles. The predicted octanol–water partition coefficient (Wildman–Crippen LogP) is -0.738. The molecule has 1 fully saturated rings. The molecule has 2 heterocycles. The smallest absolute Gasteiger partial charge is 0.171 e. The number of hydrogen-bond donors (Lipinski definition) is 3. The Balaban J connectivity index is 1.89. The molecule has 2 rings (SSSR count). The van der Waals surface area contributed by atoms with E-state index in [2.05, 4.69) is 9.88 Å². The number of aromatic hydroxyl groups is 1. The van der Waals surface area contributed by atoms with Gasteiger partial charge in [-0.1, -0.05) is 0 Å². The molecular weight excluding hydrogens is 234 g/mol. The van der Waals surface area contributed by atoms with Crippen molar-refractivity contribution in [2.24, 2.45) is 0 Å². The number of rotatable bonds is 4. The first kappa shape index (κ1) is 13.1. The molecule has 1 unspecified atom stereocenters. The van der Waals surface area contributed by atoms with Crippen molar-refractivity contribution in [2.45, 2.75) is 6.10 Å². The molecule has 0 bridgehead atoms. The first-order chi connectivity index (χ1) is 8.70. The van der Waals surface area contributed by atoms with Crippen LogP contribution in [0.15, 0.2) is 18.3 Å². The number of piperazine rings is 1. The highest BCUT2D eigenvalue weighted by Crippen LogP contribution is 2.24. The Morgan fingerprint density at radius 1 is 1.28 bits per heavy atom. The van der Waals surface area contributed by atoms with Crippen molar-refractivity contribution in [3.8, 4) is 5.75 Å². The van der Waals surface area contributed by atoms with Crippen LogP contribution in [-0.4, -0.2) is 70.6 Å². The van der Waals surface area contributed by atoms with E-state index in [9.17, 15) is 10.2 Å². The van der Waals surface area contributed by atoms with Crippen LogP contribution in [0.5, 0.6) is 5.75 Å². The van der Waals surface area contributed by atoms with Gasteiger partial charge >= 0.3 is 0 Å². The van der Waals surface area contributed by atoms with Crippen LogP contribution in [0.2, 0.25) is 0 Å². The van der Waals surface area contributed by atoms with Gasteiger partial charge < -0.3 is 20.2 Å². The number of pyridine rings is 1. The van der Waals surface area contributed by atoms with Gasteiger partial charge in [0.15, 0.2) is 11.6 Å². The summed E-state index contributed by atoms with van der Waals surface area (Å²) < 4.78 is 0. The number of aliphatic hydroxyl groups excluding tert-OH is 2. The largest absolute Gasteiger partial charge is 0.504 e.